The molecule has 0 aromatic heterocycles. The van der Waals surface area contributed by atoms with E-state index in [1.807, 2.05) is 30.3 Å². The summed E-state index contributed by atoms with van der Waals surface area (Å²) in [6.45, 7) is 6.64. The fourth-order valence-electron chi connectivity index (χ4n) is 2.32. The quantitative estimate of drug-likeness (QED) is 0.728. The zero-order valence-electron chi connectivity index (χ0n) is 12.6. The maximum atomic E-state index is 11.5. The summed E-state index contributed by atoms with van der Waals surface area (Å²) in [6, 6.07) is 16.3. The van der Waals surface area contributed by atoms with Crippen molar-refractivity contribution in [1.82, 2.24) is 0 Å². The predicted molar refractivity (Wildman–Crippen MR) is 89.2 cm³/mol. The van der Waals surface area contributed by atoms with E-state index in [2.05, 4.69) is 30.9 Å². The molecule has 0 radical (unpaired) electrons. The third-order valence-electron chi connectivity index (χ3n) is 3.48. The van der Waals surface area contributed by atoms with Gasteiger partial charge in [0, 0.05) is 23.8 Å². The Balaban J connectivity index is 2.31. The van der Waals surface area contributed by atoms with E-state index in [4.69, 9.17) is 11.6 Å². The fraction of sp³-hybridized carbons (Fsp3) is 0.278. The van der Waals surface area contributed by atoms with E-state index in [1.165, 1.54) is 12.5 Å². The van der Waals surface area contributed by atoms with Crippen molar-refractivity contribution in [1.29, 1.82) is 0 Å². The number of carbonyl (C=O) groups excluding carboxylic acids is 1. The van der Waals surface area contributed by atoms with Crippen molar-refractivity contribution in [2.45, 2.75) is 33.4 Å². The van der Waals surface area contributed by atoms with Crippen LogP contribution in [0.4, 0.5) is 5.69 Å². The smallest absolute Gasteiger partial charge is 0.161 e. The van der Waals surface area contributed by atoms with Crippen LogP contribution in [0.15, 0.2) is 48.5 Å². The molecule has 3 heteroatoms. The molecule has 0 N–H and O–H groups in total. The number of hydrogen-bond donors (Lipinski definition) is 0. The van der Waals surface area contributed by atoms with E-state index in [9.17, 15) is 4.79 Å². The molecule has 0 saturated heterocycles. The zero-order chi connectivity index (χ0) is 15.4. The van der Waals surface area contributed by atoms with Gasteiger partial charge in [0.15, 0.2) is 5.78 Å². The van der Waals surface area contributed by atoms with Gasteiger partial charge in [0.25, 0.3) is 0 Å². The first-order valence-electron chi connectivity index (χ1n) is 7.10. The number of nitrogens with zero attached hydrogens (tertiary/aromatic N) is 1. The molecular formula is C18H20ClNO. The number of ketones is 1. The number of rotatable bonds is 5. The van der Waals surface area contributed by atoms with E-state index < -0.39 is 0 Å². The Morgan fingerprint density at radius 1 is 1.14 bits per heavy atom. The number of anilines is 1. The molecule has 2 rings (SSSR count). The summed E-state index contributed by atoms with van der Waals surface area (Å²) in [6.07, 6.45) is 0. The molecule has 21 heavy (non-hydrogen) atoms. The lowest BCUT2D eigenvalue weighted by Gasteiger charge is -2.29. The van der Waals surface area contributed by atoms with Crippen LogP contribution in [0.3, 0.4) is 0 Å². The van der Waals surface area contributed by atoms with Crippen molar-refractivity contribution >= 4 is 23.1 Å². The summed E-state index contributed by atoms with van der Waals surface area (Å²) in [5, 5.41) is 0.513. The summed E-state index contributed by atoms with van der Waals surface area (Å²) in [4.78, 5) is 13.7. The molecule has 0 spiro atoms. The van der Waals surface area contributed by atoms with Gasteiger partial charge in [-0.05, 0) is 44.5 Å². The molecular weight excluding hydrogens is 282 g/mol. The lowest BCUT2D eigenvalue weighted by atomic mass is 10.1. The zero-order valence-corrected chi connectivity index (χ0v) is 13.4. The monoisotopic (exact) mass is 301 g/mol. The lowest BCUT2D eigenvalue weighted by molar-refractivity contribution is 0.101. The highest BCUT2D eigenvalue weighted by Gasteiger charge is 2.14. The van der Waals surface area contributed by atoms with Crippen LogP contribution in [0.5, 0.6) is 0 Å². The standard InChI is InChI=1S/C18H20ClNO/c1-13(2)20(12-15-7-5-4-6-8-15)16-9-10-17(14(3)21)18(19)11-16/h4-11,13H,12H2,1-3H3. The second-order valence-electron chi connectivity index (χ2n) is 5.43. The molecule has 0 aliphatic rings. The summed E-state index contributed by atoms with van der Waals surface area (Å²) in [5.41, 5.74) is 2.85. The Hall–Kier alpha value is -1.80. The van der Waals surface area contributed by atoms with E-state index in [1.54, 1.807) is 6.07 Å². The van der Waals surface area contributed by atoms with Crippen LogP contribution in [0.1, 0.15) is 36.7 Å². The minimum Gasteiger partial charge on any atom is -0.365 e. The van der Waals surface area contributed by atoms with Crippen LogP contribution in [0.2, 0.25) is 5.02 Å². The Bertz CT molecular complexity index is 622. The van der Waals surface area contributed by atoms with Gasteiger partial charge in [-0.2, -0.15) is 0 Å². The van der Waals surface area contributed by atoms with Crippen LogP contribution in [0.25, 0.3) is 0 Å². The Morgan fingerprint density at radius 3 is 2.33 bits per heavy atom. The maximum Gasteiger partial charge on any atom is 0.161 e. The minimum atomic E-state index is -0.00861. The van der Waals surface area contributed by atoms with Gasteiger partial charge in [0.1, 0.15) is 0 Å². The van der Waals surface area contributed by atoms with Gasteiger partial charge in [-0.15, -0.1) is 0 Å². The van der Waals surface area contributed by atoms with Crippen molar-refractivity contribution in [3.05, 3.63) is 64.7 Å². The summed E-state index contributed by atoms with van der Waals surface area (Å²) < 4.78 is 0. The molecule has 0 amide bonds. The predicted octanol–water partition coefficient (Wildman–Crippen LogP) is 4.96. The van der Waals surface area contributed by atoms with Crippen LogP contribution >= 0.6 is 11.6 Å². The molecule has 2 nitrogen and oxygen atoms in total. The highest BCUT2D eigenvalue weighted by Crippen LogP contribution is 2.26. The van der Waals surface area contributed by atoms with Crippen molar-refractivity contribution in [3.63, 3.8) is 0 Å². The number of Topliss-reactive ketones (excluding diaryl/α,β-unsaturated/α-hetero) is 1. The number of hydrogen-bond acceptors (Lipinski definition) is 2. The molecule has 2 aromatic carbocycles. The second-order valence-corrected chi connectivity index (χ2v) is 5.83. The topological polar surface area (TPSA) is 20.3 Å². The average Bonchev–Trinajstić information content (AvgIpc) is 2.45. The molecule has 0 aliphatic carbocycles. The molecule has 0 atom stereocenters. The number of carbonyl (C=O) groups is 1. The van der Waals surface area contributed by atoms with Crippen molar-refractivity contribution in [2.75, 3.05) is 4.90 Å². The highest BCUT2D eigenvalue weighted by molar-refractivity contribution is 6.34. The summed E-state index contributed by atoms with van der Waals surface area (Å²) in [5.74, 6) is -0.00861. The molecule has 0 heterocycles. The molecule has 0 bridgehead atoms. The molecule has 0 unspecified atom stereocenters. The Morgan fingerprint density at radius 2 is 1.81 bits per heavy atom. The van der Waals surface area contributed by atoms with Gasteiger partial charge < -0.3 is 4.90 Å². The molecule has 0 saturated carbocycles. The van der Waals surface area contributed by atoms with Gasteiger partial charge in [0.2, 0.25) is 0 Å². The SMILES string of the molecule is CC(=O)c1ccc(N(Cc2ccccc2)C(C)C)cc1Cl. The first-order valence-corrected chi connectivity index (χ1v) is 7.48. The second kappa shape index (κ2) is 6.77. The van der Waals surface area contributed by atoms with Crippen molar-refractivity contribution in [3.8, 4) is 0 Å². The first kappa shape index (κ1) is 15.6. The average molecular weight is 302 g/mol. The van der Waals surface area contributed by atoms with E-state index >= 15 is 0 Å². The van der Waals surface area contributed by atoms with Gasteiger partial charge >= 0.3 is 0 Å². The van der Waals surface area contributed by atoms with Gasteiger partial charge in [0.05, 0.1) is 5.02 Å². The first-order chi connectivity index (χ1) is 9.99. The number of benzene rings is 2. The van der Waals surface area contributed by atoms with Crippen molar-refractivity contribution < 1.29 is 4.79 Å². The third kappa shape index (κ3) is 3.85. The molecule has 110 valence electrons. The van der Waals surface area contributed by atoms with Crippen molar-refractivity contribution in [2.24, 2.45) is 0 Å². The van der Waals surface area contributed by atoms with Crippen LogP contribution < -0.4 is 4.90 Å². The van der Waals surface area contributed by atoms with Crippen LogP contribution in [-0.4, -0.2) is 11.8 Å². The normalized spacial score (nSPS) is 10.7. The van der Waals surface area contributed by atoms with Gasteiger partial charge in [-0.25, -0.2) is 0 Å². The van der Waals surface area contributed by atoms with Crippen LogP contribution in [0, 0.1) is 0 Å². The van der Waals surface area contributed by atoms with E-state index in [-0.39, 0.29) is 5.78 Å². The summed E-state index contributed by atoms with van der Waals surface area (Å²) >= 11 is 6.23. The Kier molecular flexibility index (Phi) is 5.03. The number of halogens is 1. The Labute approximate surface area is 131 Å². The largest absolute Gasteiger partial charge is 0.365 e. The highest BCUT2D eigenvalue weighted by atomic mass is 35.5. The minimum absolute atomic E-state index is 0.00861. The van der Waals surface area contributed by atoms with Crippen LogP contribution in [-0.2, 0) is 6.54 Å². The van der Waals surface area contributed by atoms with E-state index in [0.717, 1.165) is 12.2 Å². The fourth-order valence-corrected chi connectivity index (χ4v) is 2.63. The molecule has 2 aromatic rings. The molecule has 0 aliphatic heterocycles. The molecule has 0 fully saturated rings. The maximum absolute atomic E-state index is 11.5. The summed E-state index contributed by atoms with van der Waals surface area (Å²) in [7, 11) is 0. The van der Waals surface area contributed by atoms with E-state index in [0.29, 0.717) is 16.6 Å². The third-order valence-corrected chi connectivity index (χ3v) is 3.80. The van der Waals surface area contributed by atoms with Gasteiger partial charge in [-0.1, -0.05) is 41.9 Å². The lowest BCUT2D eigenvalue weighted by Crippen LogP contribution is -2.30. The van der Waals surface area contributed by atoms with Gasteiger partial charge in [-0.3, -0.25) is 4.79 Å².